The summed E-state index contributed by atoms with van der Waals surface area (Å²) in [5.74, 6) is 0.420. The fraction of sp³-hybridized carbons (Fsp3) is 0.500. The lowest BCUT2D eigenvalue weighted by Crippen LogP contribution is -2.17. The number of fused-ring (bicyclic) bond motifs is 4. The lowest BCUT2D eigenvalue weighted by molar-refractivity contribution is 0.0908. The van der Waals surface area contributed by atoms with Crippen LogP contribution in [0.1, 0.15) is 102 Å². The van der Waals surface area contributed by atoms with E-state index in [4.69, 9.17) is 4.98 Å². The maximum atomic E-state index is 13.3. The number of imidazole rings is 1. The van der Waals surface area contributed by atoms with Gasteiger partial charge in [-0.3, -0.25) is 9.59 Å². The van der Waals surface area contributed by atoms with Crippen LogP contribution in [-0.4, -0.2) is 19.9 Å². The van der Waals surface area contributed by atoms with Crippen LogP contribution in [0.3, 0.4) is 0 Å². The molecule has 2 aromatic heterocycles. The fourth-order valence-corrected chi connectivity index (χ4v) is 5.09. The molecular weight excluding hydrogens is 434 g/mol. The van der Waals surface area contributed by atoms with Crippen LogP contribution in [0.5, 0.6) is 0 Å². The first-order chi connectivity index (χ1) is 17.2. The Morgan fingerprint density at radius 1 is 0.714 bits per heavy atom. The number of nitrogens with zero attached hydrogens (tertiary/aromatic N) is 3. The quantitative estimate of drug-likeness (QED) is 0.175. The van der Waals surface area contributed by atoms with Crippen molar-refractivity contribution in [2.24, 2.45) is 0 Å². The van der Waals surface area contributed by atoms with Crippen LogP contribution >= 0.6 is 0 Å². The Bertz CT molecular complexity index is 1320. The van der Waals surface area contributed by atoms with Crippen molar-refractivity contribution in [1.82, 2.24) is 14.0 Å². The third-order valence-electron chi connectivity index (χ3n) is 7.07. The molecule has 0 radical (unpaired) electrons. The highest BCUT2D eigenvalue weighted by molar-refractivity contribution is 5.96. The zero-order valence-electron chi connectivity index (χ0n) is 21.2. The molecule has 186 valence electrons. The van der Waals surface area contributed by atoms with Gasteiger partial charge in [-0.2, -0.15) is 0 Å². The zero-order valence-corrected chi connectivity index (χ0v) is 21.2. The van der Waals surface area contributed by atoms with Gasteiger partial charge < -0.3 is 0 Å². The molecule has 0 unspecified atom stereocenters. The number of benzene rings is 2. The van der Waals surface area contributed by atoms with Crippen molar-refractivity contribution in [3.8, 4) is 0 Å². The molecule has 0 saturated carbocycles. The number of para-hydroxylation sites is 3. The minimum Gasteiger partial charge on any atom is -0.274 e. The lowest BCUT2D eigenvalue weighted by atomic mass is 10.0. The molecule has 4 aromatic rings. The molecule has 4 rings (SSSR count). The molecule has 0 fully saturated rings. The van der Waals surface area contributed by atoms with E-state index in [2.05, 4.69) is 6.92 Å². The van der Waals surface area contributed by atoms with Crippen molar-refractivity contribution in [2.75, 3.05) is 0 Å². The topological polar surface area (TPSA) is 56.4 Å². The minimum atomic E-state index is -0.130. The van der Waals surface area contributed by atoms with E-state index in [9.17, 15) is 9.59 Å². The average Bonchev–Trinajstić information content (AvgIpc) is 3.21. The minimum absolute atomic E-state index is 0.00829. The smallest absolute Gasteiger partial charge is 0.267 e. The van der Waals surface area contributed by atoms with Crippen molar-refractivity contribution in [3.05, 3.63) is 58.9 Å². The SMILES string of the molecule is CCCCCCCCCCCCCCCC(=O)n1c2ccccc2n2c(=O)c3ccccc3nc12. The number of rotatable bonds is 14. The second-order valence-corrected chi connectivity index (χ2v) is 9.78. The summed E-state index contributed by atoms with van der Waals surface area (Å²) in [7, 11) is 0. The van der Waals surface area contributed by atoms with Gasteiger partial charge in [0, 0.05) is 6.42 Å². The average molecular weight is 474 g/mol. The van der Waals surface area contributed by atoms with Crippen LogP contribution < -0.4 is 5.56 Å². The van der Waals surface area contributed by atoms with Crippen molar-refractivity contribution < 1.29 is 4.79 Å². The summed E-state index contributed by atoms with van der Waals surface area (Å²) in [5, 5.41) is 0.567. The summed E-state index contributed by atoms with van der Waals surface area (Å²) in [4.78, 5) is 31.2. The highest BCUT2D eigenvalue weighted by Crippen LogP contribution is 2.22. The van der Waals surface area contributed by atoms with Crippen LogP contribution in [0.15, 0.2) is 53.3 Å². The van der Waals surface area contributed by atoms with Gasteiger partial charge in [0.1, 0.15) is 0 Å². The summed E-state index contributed by atoms with van der Waals surface area (Å²) >= 11 is 0. The van der Waals surface area contributed by atoms with Crippen molar-refractivity contribution in [3.63, 3.8) is 0 Å². The summed E-state index contributed by atoms with van der Waals surface area (Å²) in [6.07, 6.45) is 17.1. The van der Waals surface area contributed by atoms with Gasteiger partial charge in [-0.15, -0.1) is 0 Å². The molecule has 0 N–H and O–H groups in total. The van der Waals surface area contributed by atoms with Crippen LogP contribution in [0.2, 0.25) is 0 Å². The van der Waals surface area contributed by atoms with Crippen LogP contribution in [0.25, 0.3) is 27.7 Å². The monoisotopic (exact) mass is 473 g/mol. The number of carbonyl (C=O) groups excluding carboxylic acids is 1. The Kier molecular flexibility index (Phi) is 9.10. The predicted octanol–water partition coefficient (Wildman–Crippen LogP) is 7.92. The highest BCUT2D eigenvalue weighted by Gasteiger charge is 2.19. The first-order valence-corrected chi connectivity index (χ1v) is 13.7. The van der Waals surface area contributed by atoms with Gasteiger partial charge in [-0.05, 0) is 30.7 Å². The second-order valence-electron chi connectivity index (χ2n) is 9.78. The second kappa shape index (κ2) is 12.7. The lowest BCUT2D eigenvalue weighted by Gasteiger charge is -2.06. The van der Waals surface area contributed by atoms with Crippen molar-refractivity contribution in [2.45, 2.75) is 96.8 Å². The van der Waals surface area contributed by atoms with Crippen LogP contribution in [0, 0.1) is 0 Å². The van der Waals surface area contributed by atoms with E-state index >= 15 is 0 Å². The third kappa shape index (κ3) is 6.01. The number of hydrogen-bond acceptors (Lipinski definition) is 3. The maximum absolute atomic E-state index is 13.3. The van der Waals surface area contributed by atoms with Crippen molar-refractivity contribution >= 4 is 33.6 Å². The highest BCUT2D eigenvalue weighted by atomic mass is 16.2. The first-order valence-electron chi connectivity index (χ1n) is 13.7. The van der Waals surface area contributed by atoms with E-state index < -0.39 is 0 Å². The third-order valence-corrected chi connectivity index (χ3v) is 7.07. The normalized spacial score (nSPS) is 11.7. The number of unbranched alkanes of at least 4 members (excludes halogenated alkanes) is 12. The summed E-state index contributed by atoms with van der Waals surface area (Å²) < 4.78 is 3.23. The zero-order chi connectivity index (χ0) is 24.5. The van der Waals surface area contributed by atoms with E-state index in [1.165, 1.54) is 70.6 Å². The Morgan fingerprint density at radius 2 is 1.26 bits per heavy atom. The van der Waals surface area contributed by atoms with Gasteiger partial charge in [-0.25, -0.2) is 14.0 Å². The number of carbonyl (C=O) groups is 1. The molecule has 0 spiro atoms. The number of aromatic nitrogens is 3. The molecule has 0 bridgehead atoms. The Labute approximate surface area is 208 Å². The Hall–Kier alpha value is -2.95. The molecule has 35 heavy (non-hydrogen) atoms. The molecule has 0 saturated heterocycles. The Morgan fingerprint density at radius 3 is 1.91 bits per heavy atom. The van der Waals surface area contributed by atoms with Gasteiger partial charge in [0.05, 0.1) is 21.9 Å². The maximum Gasteiger partial charge on any atom is 0.267 e. The van der Waals surface area contributed by atoms with Crippen LogP contribution in [-0.2, 0) is 0 Å². The molecule has 0 aliphatic heterocycles. The van der Waals surface area contributed by atoms with Gasteiger partial charge in [0.25, 0.3) is 5.56 Å². The molecule has 2 aromatic carbocycles. The summed E-state index contributed by atoms with van der Waals surface area (Å²) in [5.41, 5.74) is 1.96. The molecule has 0 atom stereocenters. The van der Waals surface area contributed by atoms with E-state index in [1.807, 2.05) is 42.5 Å². The standard InChI is InChI=1S/C30H39N3O2/c1-2-3-4-5-6-7-8-9-10-11-12-13-14-23-28(34)32-26-21-17-18-22-27(26)33-29(35)24-19-15-16-20-25(24)31-30(32)33/h15-22H,2-14,23H2,1H3. The first kappa shape index (κ1) is 25.2. The van der Waals surface area contributed by atoms with Crippen molar-refractivity contribution in [1.29, 1.82) is 0 Å². The van der Waals surface area contributed by atoms with E-state index in [0.717, 1.165) is 23.9 Å². The summed E-state index contributed by atoms with van der Waals surface area (Å²) in [6.45, 7) is 2.27. The molecule has 0 aliphatic rings. The van der Waals surface area contributed by atoms with Gasteiger partial charge >= 0.3 is 0 Å². The largest absolute Gasteiger partial charge is 0.274 e. The molecule has 0 aliphatic carbocycles. The molecule has 5 heteroatoms. The predicted molar refractivity (Wildman–Crippen MR) is 145 cm³/mol. The van der Waals surface area contributed by atoms with Gasteiger partial charge in [-0.1, -0.05) is 108 Å². The molecular formula is C30H39N3O2. The molecule has 5 nitrogen and oxygen atoms in total. The Balaban J connectivity index is 1.31. The molecule has 0 amide bonds. The van der Waals surface area contributed by atoms with Crippen LogP contribution in [0.4, 0.5) is 0 Å². The molecule has 2 heterocycles. The van der Waals surface area contributed by atoms with E-state index in [-0.39, 0.29) is 11.5 Å². The number of hydrogen-bond donors (Lipinski definition) is 0. The van der Waals surface area contributed by atoms with E-state index in [1.54, 1.807) is 15.0 Å². The van der Waals surface area contributed by atoms with Gasteiger partial charge in [0.2, 0.25) is 11.7 Å². The summed E-state index contributed by atoms with van der Waals surface area (Å²) in [6, 6.07) is 14.9. The van der Waals surface area contributed by atoms with Gasteiger partial charge in [0.15, 0.2) is 0 Å². The fourth-order valence-electron chi connectivity index (χ4n) is 5.09. The van der Waals surface area contributed by atoms with E-state index in [0.29, 0.717) is 23.1 Å².